The number of nitrogens with one attached hydrogen (secondary N) is 2. The lowest BCUT2D eigenvalue weighted by molar-refractivity contribution is -0.384. The quantitative estimate of drug-likeness (QED) is 0.403. The van der Waals surface area contributed by atoms with Crippen LogP contribution in [0.1, 0.15) is 10.4 Å². The predicted molar refractivity (Wildman–Crippen MR) is 112 cm³/mol. The molecule has 28 heavy (non-hydrogen) atoms. The van der Waals surface area contributed by atoms with Crippen molar-refractivity contribution < 1.29 is 14.5 Å². The summed E-state index contributed by atoms with van der Waals surface area (Å²) in [7, 11) is 3.23. The number of nitro benzene ring substituents is 1. The van der Waals surface area contributed by atoms with Crippen LogP contribution in [0.3, 0.4) is 0 Å². The Bertz CT molecular complexity index is 1050. The second kappa shape index (κ2) is 8.36. The Morgan fingerprint density at radius 2 is 2.07 bits per heavy atom. The van der Waals surface area contributed by atoms with E-state index < -0.39 is 10.8 Å². The molecule has 0 unspecified atom stereocenters. The summed E-state index contributed by atoms with van der Waals surface area (Å²) in [5, 5.41) is 18.8. The molecule has 3 rings (SSSR count). The molecule has 144 valence electrons. The predicted octanol–water partition coefficient (Wildman–Crippen LogP) is 4.78. The molecule has 0 radical (unpaired) electrons. The van der Waals surface area contributed by atoms with E-state index in [1.54, 1.807) is 14.2 Å². The average Bonchev–Trinajstić information content (AvgIpc) is 3.15. The Balaban J connectivity index is 1.84. The highest BCUT2D eigenvalue weighted by atomic mass is 79.9. The Kier molecular flexibility index (Phi) is 5.90. The second-order valence-electron chi connectivity index (χ2n) is 5.58. The molecule has 1 amide bonds. The van der Waals surface area contributed by atoms with Crippen LogP contribution in [0.2, 0.25) is 0 Å². The molecule has 0 bridgehead atoms. The van der Waals surface area contributed by atoms with Crippen LogP contribution in [0, 0.1) is 10.1 Å². The molecule has 0 aliphatic rings. The Morgan fingerprint density at radius 3 is 2.71 bits per heavy atom. The summed E-state index contributed by atoms with van der Waals surface area (Å²) in [6.07, 6.45) is 0. The van der Waals surface area contributed by atoms with E-state index in [2.05, 4.69) is 31.5 Å². The Morgan fingerprint density at radius 1 is 1.29 bits per heavy atom. The third-order valence-corrected chi connectivity index (χ3v) is 5.28. The van der Waals surface area contributed by atoms with Gasteiger partial charge in [0.25, 0.3) is 11.6 Å². The number of nitrogens with zero attached hydrogens (tertiary/aromatic N) is 2. The first kappa shape index (κ1) is 19.8. The first-order valence-electron chi connectivity index (χ1n) is 8.00. The second-order valence-corrected chi connectivity index (χ2v) is 7.29. The fourth-order valence-corrected chi connectivity index (χ4v) is 3.76. The molecule has 0 atom stereocenters. The minimum absolute atomic E-state index is 0.160. The molecule has 0 saturated carbocycles. The summed E-state index contributed by atoms with van der Waals surface area (Å²) in [5.74, 6) is 0.225. The lowest BCUT2D eigenvalue weighted by Gasteiger charge is -2.08. The molecule has 2 N–H and O–H groups in total. The standard InChI is InChI=1S/C18H15BrN4O4S/c1-20-14-5-4-11(23(25)26)8-12(14)17(24)22-18-21-15(9-28-18)10-3-6-16(27-2)13(19)7-10/h3-9,20H,1-2H3,(H,21,22,24). The van der Waals surface area contributed by atoms with E-state index in [0.29, 0.717) is 22.3 Å². The highest BCUT2D eigenvalue weighted by molar-refractivity contribution is 9.10. The minimum Gasteiger partial charge on any atom is -0.496 e. The van der Waals surface area contributed by atoms with Gasteiger partial charge in [0.1, 0.15) is 5.75 Å². The van der Waals surface area contributed by atoms with E-state index in [0.717, 1.165) is 10.0 Å². The SMILES string of the molecule is CNc1ccc([N+](=O)[O-])cc1C(=O)Nc1nc(-c2ccc(OC)c(Br)c2)cs1. The van der Waals surface area contributed by atoms with Crippen molar-refractivity contribution in [3.05, 3.63) is 61.9 Å². The van der Waals surface area contributed by atoms with Gasteiger partial charge < -0.3 is 10.1 Å². The molecule has 0 spiro atoms. The molecule has 0 aliphatic heterocycles. The molecule has 0 fully saturated rings. The van der Waals surface area contributed by atoms with Crippen LogP contribution in [0.4, 0.5) is 16.5 Å². The van der Waals surface area contributed by atoms with Crippen LogP contribution in [-0.4, -0.2) is 30.0 Å². The number of carbonyl (C=O) groups is 1. The summed E-state index contributed by atoms with van der Waals surface area (Å²) < 4.78 is 6.01. The number of benzene rings is 2. The van der Waals surface area contributed by atoms with Gasteiger partial charge in [0, 0.05) is 35.8 Å². The number of rotatable bonds is 6. The highest BCUT2D eigenvalue weighted by Gasteiger charge is 2.18. The van der Waals surface area contributed by atoms with Gasteiger partial charge in [-0.3, -0.25) is 20.2 Å². The number of hydrogen-bond donors (Lipinski definition) is 2. The molecule has 1 aromatic heterocycles. The van der Waals surface area contributed by atoms with Gasteiger partial charge in [-0.15, -0.1) is 11.3 Å². The number of hydrogen-bond acceptors (Lipinski definition) is 7. The zero-order valence-corrected chi connectivity index (χ0v) is 17.3. The number of anilines is 2. The number of nitro groups is 1. The fourth-order valence-electron chi connectivity index (χ4n) is 2.51. The van der Waals surface area contributed by atoms with Crippen molar-refractivity contribution in [2.24, 2.45) is 0 Å². The zero-order valence-electron chi connectivity index (χ0n) is 14.9. The molecule has 10 heteroatoms. The van der Waals surface area contributed by atoms with Gasteiger partial charge in [-0.1, -0.05) is 0 Å². The van der Waals surface area contributed by atoms with Crippen LogP contribution in [0.5, 0.6) is 5.75 Å². The maximum atomic E-state index is 12.6. The molecule has 0 saturated heterocycles. The zero-order chi connectivity index (χ0) is 20.3. The summed E-state index contributed by atoms with van der Waals surface area (Å²) in [5.41, 5.74) is 2.04. The van der Waals surface area contributed by atoms with Gasteiger partial charge in [-0.2, -0.15) is 0 Å². The lowest BCUT2D eigenvalue weighted by atomic mass is 10.1. The van der Waals surface area contributed by atoms with Crippen LogP contribution in [0.15, 0.2) is 46.3 Å². The van der Waals surface area contributed by atoms with E-state index in [9.17, 15) is 14.9 Å². The van der Waals surface area contributed by atoms with Crippen LogP contribution >= 0.6 is 27.3 Å². The number of thiazole rings is 1. The number of methoxy groups -OCH3 is 1. The normalized spacial score (nSPS) is 10.4. The highest BCUT2D eigenvalue weighted by Crippen LogP contribution is 2.32. The third-order valence-electron chi connectivity index (χ3n) is 3.90. The van der Waals surface area contributed by atoms with Gasteiger partial charge in [0.15, 0.2) is 5.13 Å². The number of ether oxygens (including phenoxy) is 1. The monoisotopic (exact) mass is 462 g/mol. The summed E-state index contributed by atoms with van der Waals surface area (Å²) in [4.78, 5) is 27.5. The van der Waals surface area contributed by atoms with Crippen LogP contribution in [-0.2, 0) is 0 Å². The molecule has 1 heterocycles. The van der Waals surface area contributed by atoms with Gasteiger partial charge in [-0.05, 0) is 40.2 Å². The smallest absolute Gasteiger partial charge is 0.270 e. The fraction of sp³-hybridized carbons (Fsp3) is 0.111. The molecule has 3 aromatic rings. The van der Waals surface area contributed by atoms with E-state index in [1.807, 2.05) is 23.6 Å². The minimum atomic E-state index is -0.542. The van der Waals surface area contributed by atoms with Gasteiger partial charge >= 0.3 is 0 Å². The number of aromatic nitrogens is 1. The number of amides is 1. The van der Waals surface area contributed by atoms with Gasteiger partial charge in [0.2, 0.25) is 0 Å². The largest absolute Gasteiger partial charge is 0.496 e. The maximum Gasteiger partial charge on any atom is 0.270 e. The van der Waals surface area contributed by atoms with Crippen molar-refractivity contribution >= 4 is 49.7 Å². The van der Waals surface area contributed by atoms with E-state index in [4.69, 9.17) is 4.74 Å². The van der Waals surface area contributed by atoms with Crippen molar-refractivity contribution in [3.8, 4) is 17.0 Å². The molecular formula is C18H15BrN4O4S. The van der Waals surface area contributed by atoms with Gasteiger partial charge in [0.05, 0.1) is 27.8 Å². The van der Waals surface area contributed by atoms with E-state index in [-0.39, 0.29) is 11.3 Å². The van der Waals surface area contributed by atoms with E-state index >= 15 is 0 Å². The van der Waals surface area contributed by atoms with Gasteiger partial charge in [-0.25, -0.2) is 4.98 Å². The summed E-state index contributed by atoms with van der Waals surface area (Å²) in [6.45, 7) is 0. The van der Waals surface area contributed by atoms with E-state index in [1.165, 1.54) is 29.5 Å². The first-order chi connectivity index (χ1) is 13.4. The Labute approximate surface area is 172 Å². The topological polar surface area (TPSA) is 106 Å². The van der Waals surface area contributed by atoms with Crippen molar-refractivity contribution in [2.75, 3.05) is 24.8 Å². The maximum absolute atomic E-state index is 12.6. The lowest BCUT2D eigenvalue weighted by Crippen LogP contribution is -2.14. The third kappa shape index (κ3) is 4.12. The van der Waals surface area contributed by atoms with Crippen LogP contribution in [0.25, 0.3) is 11.3 Å². The van der Waals surface area contributed by atoms with Crippen molar-refractivity contribution in [1.29, 1.82) is 0 Å². The summed E-state index contributed by atoms with van der Waals surface area (Å²) in [6, 6.07) is 9.62. The summed E-state index contributed by atoms with van der Waals surface area (Å²) >= 11 is 4.70. The Hall–Kier alpha value is -2.98. The first-order valence-corrected chi connectivity index (χ1v) is 9.67. The number of carbonyl (C=O) groups excluding carboxylic acids is 1. The molecule has 0 aliphatic carbocycles. The van der Waals surface area contributed by atoms with Crippen LogP contribution < -0.4 is 15.4 Å². The number of non-ortho nitro benzene ring substituents is 1. The number of halogens is 1. The molecule has 2 aromatic carbocycles. The molecule has 8 nitrogen and oxygen atoms in total. The van der Waals surface area contributed by atoms with Crippen molar-refractivity contribution in [1.82, 2.24) is 4.98 Å². The molecular weight excluding hydrogens is 448 g/mol. The average molecular weight is 463 g/mol. The van der Waals surface area contributed by atoms with Crippen molar-refractivity contribution in [3.63, 3.8) is 0 Å². The van der Waals surface area contributed by atoms with Crippen molar-refractivity contribution in [2.45, 2.75) is 0 Å².